The quantitative estimate of drug-likeness (QED) is 0.255. The lowest BCUT2D eigenvalue weighted by Gasteiger charge is -2.31. The second-order valence-electron chi connectivity index (χ2n) is 10.4. The second kappa shape index (κ2) is 12.8. The fraction of sp³-hybridized carbons (Fsp3) is 0.323. The highest BCUT2D eigenvalue weighted by molar-refractivity contribution is 8.00. The molecule has 2 atom stereocenters. The van der Waals surface area contributed by atoms with Crippen molar-refractivity contribution in [3.63, 3.8) is 0 Å². The molecular formula is C31H35N3O4S. The molecule has 2 unspecified atom stereocenters. The Kier molecular flexibility index (Phi) is 9.30. The smallest absolute Gasteiger partial charge is 0.319 e. The van der Waals surface area contributed by atoms with E-state index in [9.17, 15) is 14.4 Å². The summed E-state index contributed by atoms with van der Waals surface area (Å²) in [6.07, 6.45) is 1.72. The molecule has 0 bridgehead atoms. The number of benzene rings is 3. The number of hydrogen-bond acceptors (Lipinski definition) is 5. The van der Waals surface area contributed by atoms with E-state index in [1.807, 2.05) is 98.5 Å². The van der Waals surface area contributed by atoms with Gasteiger partial charge in [-0.05, 0) is 69.0 Å². The molecule has 0 spiro atoms. The number of carbonyl (C=O) groups excluding carboxylic acids is 3. The van der Waals surface area contributed by atoms with E-state index in [1.165, 1.54) is 11.8 Å². The van der Waals surface area contributed by atoms with E-state index in [0.29, 0.717) is 5.69 Å². The zero-order chi connectivity index (χ0) is 27.8. The van der Waals surface area contributed by atoms with E-state index >= 15 is 0 Å². The maximum Gasteiger partial charge on any atom is 0.319 e. The van der Waals surface area contributed by atoms with Crippen molar-refractivity contribution in [3.05, 3.63) is 96.1 Å². The summed E-state index contributed by atoms with van der Waals surface area (Å²) < 4.78 is 5.33. The number of amides is 3. The number of hydrogen-bond donors (Lipinski definition) is 2. The SMILES string of the molecule is CC(C)(C)OC(=O)CSc1ccc(NC(=O)NCC(=O)N2C(c3ccccc3)CCC2c2ccccc2)cc1. The molecule has 1 aliphatic rings. The van der Waals surface area contributed by atoms with E-state index in [4.69, 9.17) is 4.74 Å². The Morgan fingerprint density at radius 3 is 1.90 bits per heavy atom. The van der Waals surface area contributed by atoms with Gasteiger partial charge in [0.25, 0.3) is 0 Å². The highest BCUT2D eigenvalue weighted by Crippen LogP contribution is 2.43. The average molecular weight is 546 g/mol. The Labute approximate surface area is 234 Å². The summed E-state index contributed by atoms with van der Waals surface area (Å²) in [5, 5.41) is 5.50. The predicted octanol–water partition coefficient (Wildman–Crippen LogP) is 6.35. The van der Waals surface area contributed by atoms with Crippen molar-refractivity contribution in [2.75, 3.05) is 17.6 Å². The molecule has 0 radical (unpaired) electrons. The maximum atomic E-state index is 13.5. The van der Waals surface area contributed by atoms with Crippen LogP contribution in [0.1, 0.15) is 56.8 Å². The molecule has 8 heteroatoms. The first-order valence-electron chi connectivity index (χ1n) is 13.1. The molecule has 7 nitrogen and oxygen atoms in total. The number of nitrogens with zero attached hydrogens (tertiary/aromatic N) is 1. The van der Waals surface area contributed by atoms with Crippen LogP contribution in [0, 0.1) is 0 Å². The topological polar surface area (TPSA) is 87.7 Å². The molecule has 1 saturated heterocycles. The lowest BCUT2D eigenvalue weighted by atomic mass is 10.0. The van der Waals surface area contributed by atoms with Crippen LogP contribution in [0.15, 0.2) is 89.8 Å². The van der Waals surface area contributed by atoms with Gasteiger partial charge >= 0.3 is 12.0 Å². The van der Waals surface area contributed by atoms with Crippen molar-refractivity contribution in [2.24, 2.45) is 0 Å². The number of thioether (sulfide) groups is 1. The molecule has 3 aromatic rings. The number of ether oxygens (including phenoxy) is 1. The minimum atomic E-state index is -0.514. The molecule has 1 aliphatic heterocycles. The number of esters is 1. The first-order chi connectivity index (χ1) is 18.7. The summed E-state index contributed by atoms with van der Waals surface area (Å²) in [6.45, 7) is 5.40. The predicted molar refractivity (Wildman–Crippen MR) is 154 cm³/mol. The fourth-order valence-electron chi connectivity index (χ4n) is 4.73. The number of anilines is 1. The highest BCUT2D eigenvalue weighted by atomic mass is 32.2. The minimum absolute atomic E-state index is 0.0421. The summed E-state index contributed by atoms with van der Waals surface area (Å²) in [6, 6.07) is 26.7. The molecule has 1 fully saturated rings. The number of urea groups is 1. The van der Waals surface area contributed by atoms with Crippen LogP contribution < -0.4 is 10.6 Å². The zero-order valence-electron chi connectivity index (χ0n) is 22.6. The summed E-state index contributed by atoms with van der Waals surface area (Å²) in [7, 11) is 0. The van der Waals surface area contributed by atoms with Crippen molar-refractivity contribution in [1.29, 1.82) is 0 Å². The molecule has 0 saturated carbocycles. The van der Waals surface area contributed by atoms with E-state index in [2.05, 4.69) is 10.6 Å². The molecule has 204 valence electrons. The molecule has 3 aromatic carbocycles. The number of carbonyl (C=O) groups is 3. The summed E-state index contributed by atoms with van der Waals surface area (Å²) in [4.78, 5) is 40.8. The van der Waals surface area contributed by atoms with Crippen molar-refractivity contribution in [1.82, 2.24) is 10.2 Å². The van der Waals surface area contributed by atoms with Crippen LogP contribution in [0.25, 0.3) is 0 Å². The molecule has 3 amide bonds. The van der Waals surface area contributed by atoms with Crippen LogP contribution in [-0.2, 0) is 14.3 Å². The third-order valence-corrected chi connectivity index (χ3v) is 7.32. The molecule has 4 rings (SSSR count). The number of rotatable bonds is 8. The second-order valence-corrected chi connectivity index (χ2v) is 11.5. The first-order valence-corrected chi connectivity index (χ1v) is 14.1. The van der Waals surface area contributed by atoms with E-state index in [1.54, 1.807) is 12.1 Å². The number of likely N-dealkylation sites (tertiary alicyclic amines) is 1. The monoisotopic (exact) mass is 545 g/mol. The van der Waals surface area contributed by atoms with Gasteiger partial charge in [0.05, 0.1) is 24.4 Å². The van der Waals surface area contributed by atoms with Crippen molar-refractivity contribution < 1.29 is 19.1 Å². The van der Waals surface area contributed by atoms with Crippen molar-refractivity contribution in [2.45, 2.75) is 56.2 Å². The standard InChI is InChI=1S/C31H35N3O4S/c1-31(2,3)38-29(36)21-39-25-16-14-24(15-17-25)33-30(37)32-20-28(35)34-26(22-10-6-4-7-11-22)18-19-27(34)23-12-8-5-9-13-23/h4-17,26-27H,18-21H2,1-3H3,(H2,32,33,37). The molecule has 0 aromatic heterocycles. The van der Waals surface area contributed by atoms with Crippen LogP contribution >= 0.6 is 11.8 Å². The van der Waals surface area contributed by atoms with E-state index in [0.717, 1.165) is 28.9 Å². The van der Waals surface area contributed by atoms with E-state index < -0.39 is 11.6 Å². The fourth-order valence-corrected chi connectivity index (χ4v) is 5.41. The van der Waals surface area contributed by atoms with Gasteiger partial charge in [0.2, 0.25) is 5.91 Å². The van der Waals surface area contributed by atoms with Crippen LogP contribution in [0.2, 0.25) is 0 Å². The molecule has 0 aliphatic carbocycles. The molecule has 2 N–H and O–H groups in total. The lowest BCUT2D eigenvalue weighted by molar-refractivity contribution is -0.151. The summed E-state index contributed by atoms with van der Waals surface area (Å²) >= 11 is 1.37. The maximum absolute atomic E-state index is 13.5. The van der Waals surface area contributed by atoms with Crippen LogP contribution in [-0.4, -0.2) is 40.7 Å². The van der Waals surface area contributed by atoms with Crippen molar-refractivity contribution >= 4 is 35.4 Å². The van der Waals surface area contributed by atoms with Gasteiger partial charge < -0.3 is 20.3 Å². The largest absolute Gasteiger partial charge is 0.459 e. The number of nitrogens with one attached hydrogen (secondary N) is 2. The van der Waals surface area contributed by atoms with Gasteiger partial charge in [0, 0.05) is 10.6 Å². The zero-order valence-corrected chi connectivity index (χ0v) is 23.4. The lowest BCUT2D eigenvalue weighted by Crippen LogP contribution is -2.42. The van der Waals surface area contributed by atoms with Crippen molar-refractivity contribution in [3.8, 4) is 0 Å². The van der Waals surface area contributed by atoms with Gasteiger partial charge in [-0.2, -0.15) is 0 Å². The summed E-state index contributed by atoms with van der Waals surface area (Å²) in [5.74, 6) is -0.197. The van der Waals surface area contributed by atoms with Crippen LogP contribution in [0.4, 0.5) is 10.5 Å². The molecule has 1 heterocycles. The highest BCUT2D eigenvalue weighted by Gasteiger charge is 2.38. The third kappa shape index (κ3) is 8.10. The summed E-state index contributed by atoms with van der Waals surface area (Å²) in [5.41, 5.74) is 2.27. The Bertz CT molecular complexity index is 1210. The van der Waals surface area contributed by atoms with E-state index in [-0.39, 0.29) is 36.3 Å². The van der Waals surface area contributed by atoms with Gasteiger partial charge in [-0.1, -0.05) is 60.7 Å². The van der Waals surface area contributed by atoms with Gasteiger partial charge in [0.15, 0.2) is 0 Å². The van der Waals surface area contributed by atoms with Gasteiger partial charge in [-0.3, -0.25) is 9.59 Å². The first kappa shape index (κ1) is 28.2. The molecule has 39 heavy (non-hydrogen) atoms. The third-order valence-electron chi connectivity index (χ3n) is 6.33. The Morgan fingerprint density at radius 1 is 0.846 bits per heavy atom. The Hall–Kier alpha value is -3.78. The van der Waals surface area contributed by atoms with Gasteiger partial charge in [-0.25, -0.2) is 4.79 Å². The minimum Gasteiger partial charge on any atom is -0.459 e. The van der Waals surface area contributed by atoms with Gasteiger partial charge in [0.1, 0.15) is 5.60 Å². The molecular weight excluding hydrogens is 510 g/mol. The van der Waals surface area contributed by atoms with Gasteiger partial charge in [-0.15, -0.1) is 11.8 Å². The Balaban J connectivity index is 1.33. The Morgan fingerprint density at radius 2 is 1.38 bits per heavy atom. The average Bonchev–Trinajstić information content (AvgIpc) is 3.37. The van der Waals surface area contributed by atoms with Crippen LogP contribution in [0.3, 0.4) is 0 Å². The normalized spacial score (nSPS) is 16.9. The van der Waals surface area contributed by atoms with Crippen LogP contribution in [0.5, 0.6) is 0 Å².